The zero-order valence-corrected chi connectivity index (χ0v) is 11.2. The number of ether oxygens (including phenoxy) is 1. The lowest BCUT2D eigenvalue weighted by molar-refractivity contribution is -0.131. The normalized spacial score (nSPS) is 10.7. The Labute approximate surface area is 117 Å². The monoisotopic (exact) mass is 265 g/mol. The van der Waals surface area contributed by atoms with Crippen LogP contribution in [-0.4, -0.2) is 10.5 Å². The molecule has 100 valence electrons. The molecule has 1 aromatic heterocycles. The molecule has 0 radical (unpaired) electrons. The summed E-state index contributed by atoms with van der Waals surface area (Å²) in [6.07, 6.45) is 1.89. The highest BCUT2D eigenvalue weighted by atomic mass is 16.5. The largest absolute Gasteiger partial charge is 0.424 e. The molecule has 3 aromatic rings. The average Bonchev–Trinajstić information content (AvgIpc) is 2.78. The van der Waals surface area contributed by atoms with Crippen molar-refractivity contribution in [3.8, 4) is 5.75 Å². The molecule has 0 unspecified atom stereocenters. The van der Waals surface area contributed by atoms with Gasteiger partial charge in [0.25, 0.3) is 0 Å². The van der Waals surface area contributed by atoms with E-state index in [1.54, 1.807) is 0 Å². The van der Waals surface area contributed by atoms with Crippen LogP contribution in [0.3, 0.4) is 0 Å². The van der Waals surface area contributed by atoms with Gasteiger partial charge in [-0.2, -0.15) is 0 Å². The molecule has 0 bridgehead atoms. The first-order valence-corrected chi connectivity index (χ1v) is 6.54. The van der Waals surface area contributed by atoms with E-state index in [0.29, 0.717) is 5.75 Å². The Balaban J connectivity index is 2.04. The topological polar surface area (TPSA) is 31.2 Å². The molecule has 1 heterocycles. The summed E-state index contributed by atoms with van der Waals surface area (Å²) in [7, 11) is 0. The van der Waals surface area contributed by atoms with Crippen LogP contribution in [0.4, 0.5) is 0 Å². The van der Waals surface area contributed by atoms with E-state index in [-0.39, 0.29) is 5.97 Å². The van der Waals surface area contributed by atoms with Crippen LogP contribution in [0.15, 0.2) is 60.8 Å². The van der Waals surface area contributed by atoms with Gasteiger partial charge in [0.2, 0.25) is 0 Å². The fraction of sp³-hybridized carbons (Fsp3) is 0.118. The summed E-state index contributed by atoms with van der Waals surface area (Å²) in [5.41, 5.74) is 2.27. The van der Waals surface area contributed by atoms with Crippen molar-refractivity contribution in [3.05, 3.63) is 66.4 Å². The van der Waals surface area contributed by atoms with Gasteiger partial charge in [-0.1, -0.05) is 42.5 Å². The number of para-hydroxylation sites is 1. The molecule has 0 fully saturated rings. The van der Waals surface area contributed by atoms with Gasteiger partial charge in [0.15, 0.2) is 5.75 Å². The number of carbonyl (C=O) groups is 1. The summed E-state index contributed by atoms with van der Waals surface area (Å²) in [5, 5.41) is 0.957. The van der Waals surface area contributed by atoms with Gasteiger partial charge in [0, 0.05) is 25.1 Å². The molecule has 2 aromatic carbocycles. The van der Waals surface area contributed by atoms with Crippen LogP contribution >= 0.6 is 0 Å². The molecule has 0 amide bonds. The third kappa shape index (κ3) is 2.43. The molecule has 0 aliphatic rings. The number of esters is 1. The Morgan fingerprint density at radius 2 is 1.75 bits per heavy atom. The number of aromatic nitrogens is 1. The van der Waals surface area contributed by atoms with E-state index in [0.717, 1.165) is 17.4 Å². The number of rotatable bonds is 3. The molecular weight excluding hydrogens is 250 g/mol. The third-order valence-corrected chi connectivity index (χ3v) is 3.20. The maximum atomic E-state index is 11.2. The number of hydrogen-bond donors (Lipinski definition) is 0. The minimum Gasteiger partial charge on any atom is -0.424 e. The number of nitrogens with zero attached hydrogens (tertiary/aromatic N) is 1. The van der Waals surface area contributed by atoms with Crippen molar-refractivity contribution >= 4 is 16.9 Å². The summed E-state index contributed by atoms with van der Waals surface area (Å²) in [4.78, 5) is 11.2. The van der Waals surface area contributed by atoms with E-state index in [9.17, 15) is 4.79 Å². The average molecular weight is 265 g/mol. The molecule has 0 spiro atoms. The third-order valence-electron chi connectivity index (χ3n) is 3.20. The van der Waals surface area contributed by atoms with Gasteiger partial charge < -0.3 is 9.30 Å². The van der Waals surface area contributed by atoms with E-state index < -0.39 is 0 Å². The first-order chi connectivity index (χ1) is 9.74. The van der Waals surface area contributed by atoms with E-state index in [4.69, 9.17) is 4.74 Å². The number of fused-ring (bicyclic) bond motifs is 1. The molecule has 0 saturated heterocycles. The SMILES string of the molecule is CC(=O)Oc1cn(Cc2ccccc2)c2ccccc12. The summed E-state index contributed by atoms with van der Waals surface area (Å²) in [5.74, 6) is 0.316. The van der Waals surface area contributed by atoms with Gasteiger partial charge in [-0.15, -0.1) is 0 Å². The van der Waals surface area contributed by atoms with Gasteiger partial charge in [0.05, 0.1) is 5.52 Å². The highest BCUT2D eigenvalue weighted by molar-refractivity contribution is 5.89. The predicted molar refractivity (Wildman–Crippen MR) is 78.8 cm³/mol. The minimum atomic E-state index is -0.299. The van der Waals surface area contributed by atoms with E-state index in [1.165, 1.54) is 12.5 Å². The smallest absolute Gasteiger partial charge is 0.308 e. The zero-order chi connectivity index (χ0) is 13.9. The Kier molecular flexibility index (Phi) is 3.25. The lowest BCUT2D eigenvalue weighted by Gasteiger charge is -2.04. The summed E-state index contributed by atoms with van der Waals surface area (Å²) in [6.45, 7) is 2.17. The summed E-state index contributed by atoms with van der Waals surface area (Å²) < 4.78 is 7.39. The van der Waals surface area contributed by atoms with Crippen LogP contribution in [0, 0.1) is 0 Å². The molecule has 3 heteroatoms. The second-order valence-electron chi connectivity index (χ2n) is 4.72. The Hall–Kier alpha value is -2.55. The predicted octanol–water partition coefficient (Wildman–Crippen LogP) is 3.61. The molecule has 0 aliphatic heterocycles. The van der Waals surface area contributed by atoms with Crippen molar-refractivity contribution in [2.24, 2.45) is 0 Å². The number of hydrogen-bond acceptors (Lipinski definition) is 2. The van der Waals surface area contributed by atoms with E-state index in [2.05, 4.69) is 16.7 Å². The molecule has 3 nitrogen and oxygen atoms in total. The molecule has 0 aliphatic carbocycles. The number of benzene rings is 2. The van der Waals surface area contributed by atoms with Crippen LogP contribution in [0.1, 0.15) is 12.5 Å². The van der Waals surface area contributed by atoms with Gasteiger partial charge in [-0.05, 0) is 17.7 Å². The molecule has 3 rings (SSSR count). The lowest BCUT2D eigenvalue weighted by atomic mass is 10.2. The lowest BCUT2D eigenvalue weighted by Crippen LogP contribution is -2.01. The highest BCUT2D eigenvalue weighted by Gasteiger charge is 2.10. The Bertz CT molecular complexity index is 744. The Morgan fingerprint density at radius 3 is 2.50 bits per heavy atom. The highest BCUT2D eigenvalue weighted by Crippen LogP contribution is 2.28. The molecule has 0 N–H and O–H groups in total. The van der Waals surface area contributed by atoms with E-state index in [1.807, 2.05) is 48.7 Å². The molecule has 0 saturated carbocycles. The fourth-order valence-corrected chi connectivity index (χ4v) is 2.36. The second kappa shape index (κ2) is 5.21. The van der Waals surface area contributed by atoms with Crippen molar-refractivity contribution in [3.63, 3.8) is 0 Å². The minimum absolute atomic E-state index is 0.299. The van der Waals surface area contributed by atoms with Crippen molar-refractivity contribution < 1.29 is 9.53 Å². The van der Waals surface area contributed by atoms with Crippen LogP contribution in [-0.2, 0) is 11.3 Å². The summed E-state index contributed by atoms with van der Waals surface area (Å²) in [6, 6.07) is 18.1. The van der Waals surface area contributed by atoms with Crippen molar-refractivity contribution in [2.75, 3.05) is 0 Å². The first-order valence-electron chi connectivity index (χ1n) is 6.54. The van der Waals surface area contributed by atoms with Crippen LogP contribution in [0.25, 0.3) is 10.9 Å². The van der Waals surface area contributed by atoms with Crippen LogP contribution in [0.2, 0.25) is 0 Å². The van der Waals surface area contributed by atoms with Gasteiger partial charge in [0.1, 0.15) is 0 Å². The van der Waals surface area contributed by atoms with Gasteiger partial charge in [-0.25, -0.2) is 0 Å². The van der Waals surface area contributed by atoms with Crippen LogP contribution in [0.5, 0.6) is 5.75 Å². The van der Waals surface area contributed by atoms with Gasteiger partial charge in [-0.3, -0.25) is 4.79 Å². The maximum Gasteiger partial charge on any atom is 0.308 e. The van der Waals surface area contributed by atoms with Gasteiger partial charge >= 0.3 is 5.97 Å². The second-order valence-corrected chi connectivity index (χ2v) is 4.72. The maximum absolute atomic E-state index is 11.2. The van der Waals surface area contributed by atoms with Crippen molar-refractivity contribution in [2.45, 2.75) is 13.5 Å². The molecule has 0 atom stereocenters. The number of carbonyl (C=O) groups excluding carboxylic acids is 1. The Morgan fingerprint density at radius 1 is 1.05 bits per heavy atom. The fourth-order valence-electron chi connectivity index (χ4n) is 2.36. The first kappa shape index (κ1) is 12.5. The van der Waals surface area contributed by atoms with Crippen molar-refractivity contribution in [1.82, 2.24) is 4.57 Å². The van der Waals surface area contributed by atoms with Crippen molar-refractivity contribution in [1.29, 1.82) is 0 Å². The summed E-state index contributed by atoms with van der Waals surface area (Å²) >= 11 is 0. The standard InChI is InChI=1S/C17H15NO2/c1-13(19)20-17-12-18(11-14-7-3-2-4-8-14)16-10-6-5-9-15(16)17/h2-10,12H,11H2,1H3. The quantitative estimate of drug-likeness (QED) is 0.677. The zero-order valence-electron chi connectivity index (χ0n) is 11.2. The van der Waals surface area contributed by atoms with Crippen LogP contribution < -0.4 is 4.74 Å². The van der Waals surface area contributed by atoms with E-state index >= 15 is 0 Å². The molecule has 20 heavy (non-hydrogen) atoms. The molecular formula is C17H15NO2.